The van der Waals surface area contributed by atoms with Crippen molar-refractivity contribution in [2.75, 3.05) is 5.09 Å². The highest BCUT2D eigenvalue weighted by atomic mass is 35.5. The van der Waals surface area contributed by atoms with Gasteiger partial charge in [-0.2, -0.15) is 0 Å². The lowest BCUT2D eigenvalue weighted by Crippen LogP contribution is -2.03. The fraction of sp³-hybridized carbons (Fsp3) is 0. The number of halogens is 1. The monoisotopic (exact) mass is 297 g/mol. The fourth-order valence-electron chi connectivity index (χ4n) is 1.61. The van der Waals surface area contributed by atoms with E-state index in [1.807, 2.05) is 36.4 Å². The summed E-state index contributed by atoms with van der Waals surface area (Å²) in [4.78, 5) is 0. The van der Waals surface area contributed by atoms with Crippen LogP contribution in [0.5, 0.6) is 11.5 Å². The van der Waals surface area contributed by atoms with Crippen LogP contribution in [0.4, 0.5) is 5.69 Å². The second-order valence-electron chi connectivity index (χ2n) is 3.75. The first-order valence-corrected chi connectivity index (χ1v) is 8.28. The van der Waals surface area contributed by atoms with Gasteiger partial charge in [0.1, 0.15) is 0 Å². The van der Waals surface area contributed by atoms with Gasteiger partial charge in [-0.3, -0.25) is 5.09 Å². The highest BCUT2D eigenvalue weighted by Gasteiger charge is 2.31. The van der Waals surface area contributed by atoms with Crippen LogP contribution in [-0.4, -0.2) is 0 Å². The van der Waals surface area contributed by atoms with Gasteiger partial charge >= 0.3 is 6.64 Å². The Hall–Kier alpha value is -1.22. The lowest BCUT2D eigenvalue weighted by Gasteiger charge is -2.16. The van der Waals surface area contributed by atoms with Crippen molar-refractivity contribution in [2.45, 2.75) is 0 Å². The highest BCUT2D eigenvalue weighted by Crippen LogP contribution is 2.57. The quantitative estimate of drug-likeness (QED) is 0.830. The minimum absolute atomic E-state index is 0.675. The van der Waals surface area contributed by atoms with Crippen LogP contribution in [0.15, 0.2) is 48.5 Å². The van der Waals surface area contributed by atoms with Crippen molar-refractivity contribution in [3.8, 4) is 11.5 Å². The molecule has 0 radical (unpaired) electrons. The van der Waals surface area contributed by atoms with Crippen molar-refractivity contribution >= 4 is 35.7 Å². The number of benzene rings is 2. The molecule has 0 aliphatic carbocycles. The number of hydrogen-bond donors (Lipinski definition) is 1. The van der Waals surface area contributed by atoms with Crippen molar-refractivity contribution in [2.24, 2.45) is 0 Å². The van der Waals surface area contributed by atoms with Gasteiger partial charge in [-0.05, 0) is 36.4 Å². The summed E-state index contributed by atoms with van der Waals surface area (Å²) in [6.07, 6.45) is 0. The molecule has 3 rings (SSSR count). The van der Waals surface area contributed by atoms with E-state index in [-0.39, 0.29) is 0 Å². The van der Waals surface area contributed by atoms with Gasteiger partial charge in [0, 0.05) is 22.5 Å². The lowest BCUT2D eigenvalue weighted by molar-refractivity contribution is 0.577. The van der Waals surface area contributed by atoms with Gasteiger partial charge in [0.25, 0.3) is 0 Å². The second kappa shape index (κ2) is 4.47. The summed E-state index contributed by atoms with van der Waals surface area (Å²) in [5.74, 6) is 1.37. The van der Waals surface area contributed by atoms with Gasteiger partial charge in [0.05, 0.1) is 0 Å². The summed E-state index contributed by atoms with van der Waals surface area (Å²) in [6.45, 7) is -2.55. The maximum absolute atomic E-state index is 5.83. The molecule has 2 aromatic carbocycles. The van der Waals surface area contributed by atoms with E-state index in [1.54, 1.807) is 12.1 Å². The van der Waals surface area contributed by atoms with Crippen LogP contribution >= 0.6 is 18.2 Å². The molecule has 0 spiro atoms. The molecular formula is C12H9ClNO2PS. The number of fused-ring (bicyclic) bond motifs is 1. The zero-order valence-electron chi connectivity index (χ0n) is 9.17. The molecule has 6 heteroatoms. The van der Waals surface area contributed by atoms with E-state index < -0.39 is 6.64 Å². The van der Waals surface area contributed by atoms with Crippen LogP contribution in [-0.2, 0) is 11.8 Å². The number of para-hydroxylation sites is 2. The molecule has 0 unspecified atom stereocenters. The van der Waals surface area contributed by atoms with Crippen LogP contribution in [0.25, 0.3) is 0 Å². The number of hydrogen-bond acceptors (Lipinski definition) is 3. The molecule has 0 bridgehead atoms. The Kier molecular flexibility index (Phi) is 2.94. The molecule has 3 nitrogen and oxygen atoms in total. The molecule has 0 saturated carbocycles. The van der Waals surface area contributed by atoms with E-state index in [0.29, 0.717) is 16.5 Å². The third-order valence-corrected chi connectivity index (χ3v) is 4.78. The van der Waals surface area contributed by atoms with E-state index in [1.165, 1.54) is 0 Å². The molecule has 0 fully saturated rings. The largest absolute Gasteiger partial charge is 0.417 e. The Morgan fingerprint density at radius 2 is 1.50 bits per heavy atom. The van der Waals surface area contributed by atoms with E-state index in [0.717, 1.165) is 5.69 Å². The van der Waals surface area contributed by atoms with Gasteiger partial charge < -0.3 is 9.05 Å². The lowest BCUT2D eigenvalue weighted by atomic mass is 10.3. The Bertz CT molecular complexity index is 603. The van der Waals surface area contributed by atoms with E-state index in [2.05, 4.69) is 5.09 Å². The van der Waals surface area contributed by atoms with Crippen LogP contribution in [0, 0.1) is 0 Å². The molecule has 1 N–H and O–H groups in total. The van der Waals surface area contributed by atoms with Gasteiger partial charge in [0.2, 0.25) is 0 Å². The SMILES string of the molecule is S=P1(Nc2ccc(Cl)cc2)Oc2ccccc2O1. The summed E-state index contributed by atoms with van der Waals surface area (Å²) in [7, 11) is 0. The van der Waals surface area contributed by atoms with E-state index in [9.17, 15) is 0 Å². The van der Waals surface area contributed by atoms with Crippen molar-refractivity contribution in [1.29, 1.82) is 0 Å². The fourth-order valence-corrected chi connectivity index (χ4v) is 3.94. The van der Waals surface area contributed by atoms with Crippen molar-refractivity contribution in [3.63, 3.8) is 0 Å². The average molecular weight is 298 g/mol. The molecule has 1 aliphatic heterocycles. The topological polar surface area (TPSA) is 30.5 Å². The standard InChI is InChI=1S/C12H9ClNO2PS/c13-9-5-7-10(8-6-9)14-17(18)15-11-3-1-2-4-12(11)16-17/h1-8H,(H,14,18). The first-order chi connectivity index (χ1) is 8.65. The summed E-state index contributed by atoms with van der Waals surface area (Å²) in [6, 6.07) is 14.7. The first kappa shape index (κ1) is 11.8. The van der Waals surface area contributed by atoms with Gasteiger partial charge in [0.15, 0.2) is 11.5 Å². The van der Waals surface area contributed by atoms with Crippen LogP contribution in [0.3, 0.4) is 0 Å². The molecule has 0 saturated heterocycles. The predicted octanol–water partition coefficient (Wildman–Crippen LogP) is 4.45. The van der Waals surface area contributed by atoms with E-state index in [4.69, 9.17) is 32.5 Å². The minimum Gasteiger partial charge on any atom is -0.417 e. The molecule has 0 atom stereocenters. The number of rotatable bonds is 2. The second-order valence-corrected chi connectivity index (χ2v) is 7.21. The molecule has 0 aromatic heterocycles. The normalized spacial score (nSPS) is 15.4. The highest BCUT2D eigenvalue weighted by molar-refractivity contribution is 8.11. The van der Waals surface area contributed by atoms with Crippen molar-refractivity contribution in [3.05, 3.63) is 53.6 Å². The Morgan fingerprint density at radius 3 is 2.06 bits per heavy atom. The molecule has 0 amide bonds. The summed E-state index contributed by atoms with van der Waals surface area (Å²) < 4.78 is 11.4. The number of nitrogens with one attached hydrogen (secondary N) is 1. The van der Waals surface area contributed by atoms with E-state index >= 15 is 0 Å². The third-order valence-electron chi connectivity index (χ3n) is 2.40. The Balaban J connectivity index is 1.83. The molecule has 92 valence electrons. The predicted molar refractivity (Wildman–Crippen MR) is 77.1 cm³/mol. The van der Waals surface area contributed by atoms with Gasteiger partial charge in [-0.25, -0.2) is 0 Å². The zero-order valence-corrected chi connectivity index (χ0v) is 11.6. The third kappa shape index (κ3) is 2.32. The van der Waals surface area contributed by atoms with Crippen LogP contribution < -0.4 is 14.1 Å². The number of anilines is 1. The van der Waals surface area contributed by atoms with Crippen LogP contribution in [0.1, 0.15) is 0 Å². The molecule has 2 aromatic rings. The summed E-state index contributed by atoms with van der Waals surface area (Å²) >= 11 is 11.2. The Morgan fingerprint density at radius 1 is 0.944 bits per heavy atom. The van der Waals surface area contributed by atoms with Crippen LogP contribution in [0.2, 0.25) is 5.02 Å². The van der Waals surface area contributed by atoms with Crippen molar-refractivity contribution < 1.29 is 9.05 Å². The summed E-state index contributed by atoms with van der Waals surface area (Å²) in [5, 5.41) is 3.79. The zero-order chi connectivity index (χ0) is 12.6. The maximum atomic E-state index is 5.83. The first-order valence-electron chi connectivity index (χ1n) is 5.27. The minimum atomic E-state index is -2.55. The maximum Gasteiger partial charge on any atom is 0.392 e. The van der Waals surface area contributed by atoms with Crippen molar-refractivity contribution in [1.82, 2.24) is 0 Å². The average Bonchev–Trinajstić information content (AvgIpc) is 2.68. The molecule has 1 heterocycles. The molecule has 18 heavy (non-hydrogen) atoms. The molecule has 1 aliphatic rings. The van der Waals surface area contributed by atoms with Gasteiger partial charge in [-0.1, -0.05) is 23.7 Å². The molecular weight excluding hydrogens is 289 g/mol. The summed E-state index contributed by atoms with van der Waals surface area (Å²) in [5.41, 5.74) is 0.829. The smallest absolute Gasteiger partial charge is 0.392 e. The van der Waals surface area contributed by atoms with Gasteiger partial charge in [-0.15, -0.1) is 0 Å². The Labute approximate surface area is 115 Å².